The Hall–Kier alpha value is -2.15. The molecule has 132 valence electrons. The van der Waals surface area contributed by atoms with Crippen LogP contribution in [0.2, 0.25) is 0 Å². The molecule has 0 spiro atoms. The highest BCUT2D eigenvalue weighted by atomic mass is 32.2. The molecule has 1 aromatic carbocycles. The van der Waals surface area contributed by atoms with Crippen LogP contribution in [0, 0.1) is 11.7 Å². The maximum Gasteiger partial charge on any atom is 0.234 e. The van der Waals surface area contributed by atoms with E-state index in [-0.39, 0.29) is 17.7 Å². The molecule has 0 saturated carbocycles. The monoisotopic (exact) mass is 353 g/mol. The Morgan fingerprint density at radius 3 is 2.21 bits per heavy atom. The van der Waals surface area contributed by atoms with Crippen LogP contribution in [0.3, 0.4) is 0 Å². The summed E-state index contributed by atoms with van der Waals surface area (Å²) in [4.78, 5) is 4.29. The number of aliphatic imine (C=N–C) groups is 1. The van der Waals surface area contributed by atoms with E-state index in [1.165, 1.54) is 19.2 Å². The quantitative estimate of drug-likeness (QED) is 0.502. The second-order valence-corrected chi connectivity index (χ2v) is 7.86. The molecular weight excluding hydrogens is 329 g/mol. The number of sulfonamides is 1. The van der Waals surface area contributed by atoms with Gasteiger partial charge < -0.3 is 5.73 Å². The molecule has 2 N–H and O–H groups in total. The van der Waals surface area contributed by atoms with E-state index in [0.29, 0.717) is 11.3 Å². The molecule has 0 amide bonds. The first-order valence-electron chi connectivity index (χ1n) is 7.39. The zero-order valence-corrected chi connectivity index (χ0v) is 15.5. The lowest BCUT2D eigenvalue weighted by Crippen LogP contribution is -2.38. The maximum atomic E-state index is 13.1. The van der Waals surface area contributed by atoms with E-state index < -0.39 is 10.0 Å². The third-order valence-electron chi connectivity index (χ3n) is 3.63. The van der Waals surface area contributed by atoms with Crippen LogP contribution in [0.5, 0.6) is 0 Å². The highest BCUT2D eigenvalue weighted by Gasteiger charge is 2.17. The van der Waals surface area contributed by atoms with E-state index in [0.717, 1.165) is 21.7 Å². The number of benzene rings is 1. The van der Waals surface area contributed by atoms with Crippen LogP contribution < -0.4 is 5.73 Å². The number of nitrogens with zero attached hydrogens (tertiary/aromatic N) is 2. The summed E-state index contributed by atoms with van der Waals surface area (Å²) in [5.74, 6) is -0.449. The van der Waals surface area contributed by atoms with Crippen LogP contribution in [-0.4, -0.2) is 32.0 Å². The van der Waals surface area contributed by atoms with Crippen LogP contribution >= 0.6 is 0 Å². The average molecular weight is 353 g/mol. The first-order valence-corrected chi connectivity index (χ1v) is 9.24. The van der Waals surface area contributed by atoms with Gasteiger partial charge in [0, 0.05) is 7.05 Å². The largest absolute Gasteiger partial charge is 0.369 e. The predicted molar refractivity (Wildman–Crippen MR) is 97.2 cm³/mol. The van der Waals surface area contributed by atoms with Crippen molar-refractivity contribution < 1.29 is 12.8 Å². The maximum absolute atomic E-state index is 13.1. The van der Waals surface area contributed by atoms with Gasteiger partial charge in [0.2, 0.25) is 16.0 Å². The van der Waals surface area contributed by atoms with Crippen molar-refractivity contribution in [1.82, 2.24) is 4.31 Å². The Morgan fingerprint density at radius 2 is 1.79 bits per heavy atom. The number of guanidine groups is 1. The van der Waals surface area contributed by atoms with Crippen molar-refractivity contribution in [3.63, 3.8) is 0 Å². The summed E-state index contributed by atoms with van der Waals surface area (Å²) >= 11 is 0. The van der Waals surface area contributed by atoms with Crippen LogP contribution in [0.15, 0.2) is 47.1 Å². The first kappa shape index (κ1) is 19.9. The first-order chi connectivity index (χ1) is 10.9. The van der Waals surface area contributed by atoms with Crippen LogP contribution in [0.4, 0.5) is 4.39 Å². The van der Waals surface area contributed by atoms with Crippen molar-refractivity contribution >= 4 is 21.6 Å². The molecule has 0 aliphatic rings. The molecule has 0 aliphatic carbocycles. The molecule has 1 aromatic rings. The van der Waals surface area contributed by atoms with Crippen LogP contribution in [0.25, 0.3) is 5.57 Å². The molecule has 5 nitrogen and oxygen atoms in total. The molecule has 0 atom stereocenters. The van der Waals surface area contributed by atoms with Gasteiger partial charge in [0.05, 0.1) is 12.0 Å². The van der Waals surface area contributed by atoms with Gasteiger partial charge in [-0.15, -0.1) is 0 Å². The van der Waals surface area contributed by atoms with Gasteiger partial charge in [-0.25, -0.2) is 22.1 Å². The minimum Gasteiger partial charge on any atom is -0.369 e. The van der Waals surface area contributed by atoms with Crippen molar-refractivity contribution in [3.05, 3.63) is 53.5 Å². The van der Waals surface area contributed by atoms with Crippen LogP contribution in [-0.2, 0) is 10.0 Å². The van der Waals surface area contributed by atoms with E-state index in [4.69, 9.17) is 5.73 Å². The van der Waals surface area contributed by atoms with Gasteiger partial charge in [0.1, 0.15) is 5.82 Å². The zero-order valence-electron chi connectivity index (χ0n) is 14.7. The topological polar surface area (TPSA) is 75.8 Å². The Balaban J connectivity index is 3.33. The molecule has 0 aliphatic heterocycles. The summed E-state index contributed by atoms with van der Waals surface area (Å²) in [5.41, 5.74) is 8.65. The fraction of sp³-hybridized carbons (Fsp3) is 0.353. The Bertz CT molecular complexity index is 779. The van der Waals surface area contributed by atoms with Gasteiger partial charge in [0.15, 0.2) is 0 Å². The number of nitrogens with two attached hydrogens (primary N) is 1. The van der Waals surface area contributed by atoms with Crippen LogP contribution in [0.1, 0.15) is 26.3 Å². The molecular formula is C17H24FN3O2S. The van der Waals surface area contributed by atoms with E-state index >= 15 is 0 Å². The fourth-order valence-electron chi connectivity index (χ4n) is 2.03. The molecule has 0 saturated heterocycles. The minimum absolute atomic E-state index is 0.00583. The molecule has 24 heavy (non-hydrogen) atoms. The molecule has 0 aromatic heterocycles. The van der Waals surface area contributed by atoms with E-state index in [2.05, 4.69) is 11.6 Å². The summed E-state index contributed by atoms with van der Waals surface area (Å²) in [6.45, 7) is 9.72. The van der Waals surface area contributed by atoms with Gasteiger partial charge in [-0.3, -0.25) is 0 Å². The van der Waals surface area contributed by atoms with Crippen molar-refractivity contribution in [3.8, 4) is 0 Å². The van der Waals surface area contributed by atoms with Crippen molar-refractivity contribution in [2.45, 2.75) is 20.8 Å². The molecule has 7 heteroatoms. The summed E-state index contributed by atoms with van der Waals surface area (Å²) < 4.78 is 37.1. The predicted octanol–water partition coefficient (Wildman–Crippen LogP) is 2.98. The third kappa shape index (κ3) is 4.92. The second-order valence-electron chi connectivity index (χ2n) is 5.85. The molecule has 0 bridgehead atoms. The fourth-order valence-corrected chi connectivity index (χ4v) is 2.41. The summed E-state index contributed by atoms with van der Waals surface area (Å²) in [6.07, 6.45) is 1.05. The van der Waals surface area contributed by atoms with Gasteiger partial charge >= 0.3 is 0 Å². The summed E-state index contributed by atoms with van der Waals surface area (Å²) in [6, 6.07) is 5.99. The smallest absolute Gasteiger partial charge is 0.234 e. The third-order valence-corrected chi connectivity index (χ3v) is 4.81. The van der Waals surface area contributed by atoms with Crippen molar-refractivity contribution in [1.29, 1.82) is 0 Å². The lowest BCUT2D eigenvalue weighted by Gasteiger charge is -2.19. The Labute approximate surface area is 143 Å². The number of halogens is 1. The minimum atomic E-state index is -3.49. The number of hydrogen-bond donors (Lipinski definition) is 1. The molecule has 0 unspecified atom stereocenters. The van der Waals surface area contributed by atoms with Gasteiger partial charge in [-0.1, -0.05) is 32.6 Å². The number of hydrogen-bond acceptors (Lipinski definition) is 3. The molecule has 0 heterocycles. The number of allylic oxidation sites excluding steroid dienone is 3. The zero-order chi connectivity index (χ0) is 18.7. The standard InChI is InChI=1S/C17H24FN3O2S/c1-11(2)16(20-17(19)21(5)24(6,22)23)13(4)12(3)14-7-9-15(18)10-8-14/h7-11H,3H2,1-2,4-6H3,(H2,19,20)/b16-13-. The normalized spacial score (nSPS) is 13.7. The highest BCUT2D eigenvalue weighted by molar-refractivity contribution is 7.88. The molecule has 0 fully saturated rings. The van der Waals surface area contributed by atoms with Gasteiger partial charge in [-0.2, -0.15) is 0 Å². The summed E-state index contributed by atoms with van der Waals surface area (Å²) in [5, 5.41) is 0. The highest BCUT2D eigenvalue weighted by Crippen LogP contribution is 2.28. The van der Waals surface area contributed by atoms with E-state index in [1.54, 1.807) is 12.1 Å². The number of rotatable bonds is 5. The van der Waals surface area contributed by atoms with Gasteiger partial charge in [0.25, 0.3) is 0 Å². The summed E-state index contributed by atoms with van der Waals surface area (Å²) in [7, 11) is -2.14. The lowest BCUT2D eigenvalue weighted by atomic mass is 9.95. The Kier molecular flexibility index (Phi) is 6.31. The SMILES string of the molecule is C=C(/C(C)=C(\N=C(/N)N(C)S(C)(=O)=O)C(C)C)c1ccc(F)cc1. The second kappa shape index (κ2) is 7.61. The molecule has 0 radical (unpaired) electrons. The molecule has 1 rings (SSSR count). The average Bonchev–Trinajstić information content (AvgIpc) is 2.49. The van der Waals surface area contributed by atoms with E-state index in [9.17, 15) is 12.8 Å². The van der Waals surface area contributed by atoms with Crippen molar-refractivity contribution in [2.75, 3.05) is 13.3 Å². The lowest BCUT2D eigenvalue weighted by molar-refractivity contribution is 0.557. The van der Waals surface area contributed by atoms with E-state index in [1.807, 2.05) is 20.8 Å². The Morgan fingerprint density at radius 1 is 1.29 bits per heavy atom. The van der Waals surface area contributed by atoms with Gasteiger partial charge in [-0.05, 0) is 41.7 Å². The van der Waals surface area contributed by atoms with Crippen molar-refractivity contribution in [2.24, 2.45) is 16.6 Å².